The fourth-order valence-corrected chi connectivity index (χ4v) is 2.86. The smallest absolute Gasteiger partial charge is 0.317 e. The SMILES string of the molecule is O=C(NCC(C(=O)N1CCOCC1)c1ccccc1)N1CCC1. The van der Waals surface area contributed by atoms with Crippen molar-refractivity contribution in [3.8, 4) is 0 Å². The first-order valence-electron chi connectivity index (χ1n) is 8.20. The van der Waals surface area contributed by atoms with Gasteiger partial charge in [0.25, 0.3) is 0 Å². The lowest BCUT2D eigenvalue weighted by Gasteiger charge is -2.33. The number of benzene rings is 1. The van der Waals surface area contributed by atoms with E-state index in [9.17, 15) is 9.59 Å². The third-order valence-electron chi connectivity index (χ3n) is 4.42. The topological polar surface area (TPSA) is 61.9 Å². The van der Waals surface area contributed by atoms with Crippen LogP contribution >= 0.6 is 0 Å². The molecule has 2 aliphatic heterocycles. The Kier molecular flexibility index (Phi) is 5.12. The maximum atomic E-state index is 12.9. The maximum Gasteiger partial charge on any atom is 0.317 e. The highest BCUT2D eigenvalue weighted by Gasteiger charge is 2.28. The van der Waals surface area contributed by atoms with Crippen LogP contribution in [0.5, 0.6) is 0 Å². The predicted molar refractivity (Wildman–Crippen MR) is 86.2 cm³/mol. The molecule has 23 heavy (non-hydrogen) atoms. The summed E-state index contributed by atoms with van der Waals surface area (Å²) in [7, 11) is 0. The van der Waals surface area contributed by atoms with Gasteiger partial charge in [-0.2, -0.15) is 0 Å². The van der Waals surface area contributed by atoms with Crippen molar-refractivity contribution in [3.63, 3.8) is 0 Å². The molecule has 0 saturated carbocycles. The van der Waals surface area contributed by atoms with Gasteiger partial charge in [0, 0.05) is 32.7 Å². The molecule has 2 heterocycles. The molecular formula is C17H23N3O3. The number of rotatable bonds is 4. The monoisotopic (exact) mass is 317 g/mol. The van der Waals surface area contributed by atoms with E-state index in [1.54, 1.807) is 4.90 Å². The summed E-state index contributed by atoms with van der Waals surface area (Å²) < 4.78 is 5.32. The average molecular weight is 317 g/mol. The van der Waals surface area contributed by atoms with Crippen molar-refractivity contribution >= 4 is 11.9 Å². The number of carbonyl (C=O) groups excluding carboxylic acids is 2. The van der Waals surface area contributed by atoms with Crippen molar-refractivity contribution in [2.24, 2.45) is 0 Å². The summed E-state index contributed by atoms with van der Waals surface area (Å²) in [6.07, 6.45) is 1.06. The number of carbonyl (C=O) groups is 2. The first-order chi connectivity index (χ1) is 11.3. The molecular weight excluding hydrogens is 294 g/mol. The van der Waals surface area contributed by atoms with Crippen LogP contribution in [0.4, 0.5) is 4.79 Å². The van der Waals surface area contributed by atoms with Gasteiger partial charge in [0.2, 0.25) is 5.91 Å². The fraction of sp³-hybridized carbons (Fsp3) is 0.529. The van der Waals surface area contributed by atoms with E-state index < -0.39 is 0 Å². The second kappa shape index (κ2) is 7.46. The Morgan fingerprint density at radius 1 is 1.04 bits per heavy atom. The Morgan fingerprint density at radius 3 is 2.35 bits per heavy atom. The van der Waals surface area contributed by atoms with Crippen LogP contribution in [-0.4, -0.2) is 67.7 Å². The normalized spacial score (nSPS) is 19.0. The molecule has 6 heteroatoms. The van der Waals surface area contributed by atoms with Crippen LogP contribution in [0.2, 0.25) is 0 Å². The minimum atomic E-state index is -0.348. The first kappa shape index (κ1) is 15.8. The van der Waals surface area contributed by atoms with Crippen LogP contribution in [-0.2, 0) is 9.53 Å². The maximum absolute atomic E-state index is 12.9. The Hall–Kier alpha value is -2.08. The van der Waals surface area contributed by atoms with Crippen LogP contribution in [0.15, 0.2) is 30.3 Å². The zero-order chi connectivity index (χ0) is 16.1. The third kappa shape index (κ3) is 3.82. The number of nitrogens with zero attached hydrogens (tertiary/aromatic N) is 2. The molecule has 0 spiro atoms. The summed E-state index contributed by atoms with van der Waals surface area (Å²) in [5.41, 5.74) is 0.938. The fourth-order valence-electron chi connectivity index (χ4n) is 2.86. The Bertz CT molecular complexity index is 539. The van der Waals surface area contributed by atoms with E-state index in [2.05, 4.69) is 5.32 Å². The zero-order valence-corrected chi connectivity index (χ0v) is 13.2. The molecule has 3 rings (SSSR count). The number of hydrogen-bond acceptors (Lipinski definition) is 3. The lowest BCUT2D eigenvalue weighted by Crippen LogP contribution is -2.50. The van der Waals surface area contributed by atoms with Crippen LogP contribution in [0.3, 0.4) is 0 Å². The summed E-state index contributed by atoms with van der Waals surface area (Å²) in [5, 5.41) is 2.91. The van der Waals surface area contributed by atoms with E-state index in [1.165, 1.54) is 0 Å². The highest BCUT2D eigenvalue weighted by molar-refractivity contribution is 5.85. The second-order valence-corrected chi connectivity index (χ2v) is 5.93. The number of urea groups is 1. The highest BCUT2D eigenvalue weighted by atomic mass is 16.5. The molecule has 2 fully saturated rings. The third-order valence-corrected chi connectivity index (χ3v) is 4.42. The molecule has 2 aliphatic rings. The Balaban J connectivity index is 1.68. The molecule has 0 bridgehead atoms. The van der Waals surface area contributed by atoms with Gasteiger partial charge in [0.1, 0.15) is 0 Å². The molecule has 1 atom stereocenters. The molecule has 124 valence electrons. The van der Waals surface area contributed by atoms with Gasteiger partial charge in [-0.3, -0.25) is 4.79 Å². The van der Waals surface area contributed by atoms with Crippen LogP contribution in [0.1, 0.15) is 17.9 Å². The summed E-state index contributed by atoms with van der Waals surface area (Å²) in [6, 6.07) is 9.58. The molecule has 0 aromatic heterocycles. The molecule has 6 nitrogen and oxygen atoms in total. The lowest BCUT2D eigenvalue weighted by molar-refractivity contribution is -0.136. The summed E-state index contributed by atoms with van der Waals surface area (Å²) in [5.74, 6) is -0.289. The second-order valence-electron chi connectivity index (χ2n) is 5.93. The molecule has 1 unspecified atom stereocenters. The Morgan fingerprint density at radius 2 is 1.74 bits per heavy atom. The summed E-state index contributed by atoms with van der Waals surface area (Å²) in [6.45, 7) is 4.32. The number of nitrogens with one attached hydrogen (secondary N) is 1. The van der Waals surface area contributed by atoms with Gasteiger partial charge in [-0.1, -0.05) is 30.3 Å². The van der Waals surface area contributed by atoms with Crippen molar-refractivity contribution in [1.82, 2.24) is 15.1 Å². The zero-order valence-electron chi connectivity index (χ0n) is 13.2. The van der Waals surface area contributed by atoms with E-state index in [4.69, 9.17) is 4.74 Å². The minimum Gasteiger partial charge on any atom is -0.378 e. The lowest BCUT2D eigenvalue weighted by atomic mass is 9.97. The molecule has 2 saturated heterocycles. The van der Waals surface area contributed by atoms with Crippen molar-refractivity contribution in [1.29, 1.82) is 0 Å². The van der Waals surface area contributed by atoms with Gasteiger partial charge < -0.3 is 19.9 Å². The molecule has 0 aliphatic carbocycles. The van der Waals surface area contributed by atoms with Gasteiger partial charge in [-0.05, 0) is 12.0 Å². The van der Waals surface area contributed by atoms with Crippen LogP contribution in [0.25, 0.3) is 0 Å². The number of morpholine rings is 1. The van der Waals surface area contributed by atoms with E-state index in [0.717, 1.165) is 25.1 Å². The molecule has 1 N–H and O–H groups in total. The van der Waals surface area contributed by atoms with Crippen molar-refractivity contribution < 1.29 is 14.3 Å². The largest absolute Gasteiger partial charge is 0.378 e. The molecule has 0 radical (unpaired) electrons. The van der Waals surface area contributed by atoms with Gasteiger partial charge >= 0.3 is 6.03 Å². The number of hydrogen-bond donors (Lipinski definition) is 1. The number of likely N-dealkylation sites (tertiary alicyclic amines) is 1. The van der Waals surface area contributed by atoms with E-state index in [1.807, 2.05) is 35.2 Å². The quantitative estimate of drug-likeness (QED) is 0.903. The van der Waals surface area contributed by atoms with E-state index in [0.29, 0.717) is 32.8 Å². The summed E-state index contributed by atoms with van der Waals surface area (Å²) in [4.78, 5) is 28.5. The highest BCUT2D eigenvalue weighted by Crippen LogP contribution is 2.19. The number of amides is 3. The molecule has 3 amide bonds. The van der Waals surface area contributed by atoms with Crippen LogP contribution in [0, 0.1) is 0 Å². The van der Waals surface area contributed by atoms with Crippen molar-refractivity contribution in [2.45, 2.75) is 12.3 Å². The van der Waals surface area contributed by atoms with Gasteiger partial charge in [0.05, 0.1) is 19.1 Å². The summed E-state index contributed by atoms with van der Waals surface area (Å²) >= 11 is 0. The standard InChI is InChI=1S/C17H23N3O3/c21-16(19-9-11-23-12-10-19)15(14-5-2-1-3-6-14)13-18-17(22)20-7-4-8-20/h1-3,5-6,15H,4,7-13H2,(H,18,22). The van der Waals surface area contributed by atoms with Crippen molar-refractivity contribution in [3.05, 3.63) is 35.9 Å². The molecule has 1 aromatic rings. The van der Waals surface area contributed by atoms with E-state index in [-0.39, 0.29) is 17.9 Å². The van der Waals surface area contributed by atoms with E-state index >= 15 is 0 Å². The van der Waals surface area contributed by atoms with Crippen LogP contribution < -0.4 is 5.32 Å². The van der Waals surface area contributed by atoms with Gasteiger partial charge in [0.15, 0.2) is 0 Å². The van der Waals surface area contributed by atoms with Gasteiger partial charge in [-0.15, -0.1) is 0 Å². The Labute approximate surface area is 136 Å². The predicted octanol–water partition coefficient (Wildman–Crippen LogP) is 1.04. The minimum absolute atomic E-state index is 0.0587. The first-order valence-corrected chi connectivity index (χ1v) is 8.20. The number of ether oxygens (including phenoxy) is 1. The molecule has 1 aromatic carbocycles. The van der Waals surface area contributed by atoms with Gasteiger partial charge in [-0.25, -0.2) is 4.79 Å². The van der Waals surface area contributed by atoms with Crippen molar-refractivity contribution in [2.75, 3.05) is 45.9 Å². The average Bonchev–Trinajstić information content (AvgIpc) is 2.55.